The molecule has 0 saturated carbocycles. The molecule has 1 atom stereocenters. The van der Waals surface area contributed by atoms with Crippen LogP contribution >= 0.6 is 11.3 Å². The maximum Gasteiger partial charge on any atom is 0.228 e. The number of thiazole rings is 1. The van der Waals surface area contributed by atoms with Gasteiger partial charge < -0.3 is 14.2 Å². The van der Waals surface area contributed by atoms with Crippen LogP contribution in [-0.2, 0) is 28.1 Å². The molecule has 2 aromatic rings. The first-order valence-corrected chi connectivity index (χ1v) is 11.4. The third-order valence-electron chi connectivity index (χ3n) is 5.75. The predicted molar refractivity (Wildman–Crippen MR) is 115 cm³/mol. The SMILES string of the molecule is CC(C)(C)c1nc(CN2CCN(C(=O)C3CC(=O)N(Cc4ccco4)C3)CC2)cs1. The highest BCUT2D eigenvalue weighted by atomic mass is 32.1. The minimum absolute atomic E-state index is 0.0292. The zero-order valence-corrected chi connectivity index (χ0v) is 18.8. The standard InChI is InChI=1S/C22H30N4O3S/c1-22(2,3)21-23-17(15-30-21)13-24-6-8-25(9-7-24)20(28)16-11-19(27)26(12-16)14-18-5-4-10-29-18/h4-5,10,15-16H,6-9,11-14H2,1-3H3. The largest absolute Gasteiger partial charge is 0.467 e. The molecule has 2 aliphatic rings. The van der Waals surface area contributed by atoms with Gasteiger partial charge in [-0.15, -0.1) is 11.3 Å². The van der Waals surface area contributed by atoms with E-state index < -0.39 is 0 Å². The van der Waals surface area contributed by atoms with Crippen molar-refractivity contribution >= 4 is 23.2 Å². The molecule has 0 N–H and O–H groups in total. The molecule has 7 nitrogen and oxygen atoms in total. The van der Waals surface area contributed by atoms with Crippen molar-refractivity contribution in [2.75, 3.05) is 32.7 Å². The number of amides is 2. The van der Waals surface area contributed by atoms with E-state index in [0.717, 1.165) is 36.1 Å². The number of carbonyl (C=O) groups excluding carboxylic acids is 2. The van der Waals surface area contributed by atoms with E-state index in [4.69, 9.17) is 9.40 Å². The summed E-state index contributed by atoms with van der Waals surface area (Å²) in [4.78, 5) is 36.1. The second-order valence-electron chi connectivity index (χ2n) is 9.25. The highest BCUT2D eigenvalue weighted by Gasteiger charge is 2.37. The van der Waals surface area contributed by atoms with Gasteiger partial charge in [-0.2, -0.15) is 0 Å². The molecule has 0 aliphatic carbocycles. The van der Waals surface area contributed by atoms with E-state index in [1.54, 1.807) is 22.5 Å². The number of aromatic nitrogens is 1. The van der Waals surface area contributed by atoms with Crippen LogP contribution in [0, 0.1) is 5.92 Å². The summed E-state index contributed by atoms with van der Waals surface area (Å²) < 4.78 is 5.34. The van der Waals surface area contributed by atoms with E-state index in [0.29, 0.717) is 32.6 Å². The van der Waals surface area contributed by atoms with E-state index >= 15 is 0 Å². The molecule has 0 spiro atoms. The molecule has 4 rings (SSSR count). The van der Waals surface area contributed by atoms with Crippen molar-refractivity contribution in [1.29, 1.82) is 0 Å². The summed E-state index contributed by atoms with van der Waals surface area (Å²) in [5, 5.41) is 3.31. The average Bonchev–Trinajstić information content (AvgIpc) is 3.44. The topological polar surface area (TPSA) is 69.9 Å². The van der Waals surface area contributed by atoms with E-state index in [1.807, 2.05) is 17.0 Å². The number of rotatable bonds is 5. The van der Waals surface area contributed by atoms with Gasteiger partial charge in [0.05, 0.1) is 29.4 Å². The zero-order valence-electron chi connectivity index (χ0n) is 18.0. The lowest BCUT2D eigenvalue weighted by Crippen LogP contribution is -2.50. The van der Waals surface area contributed by atoms with Gasteiger partial charge in [0, 0.05) is 56.5 Å². The maximum atomic E-state index is 13.0. The smallest absolute Gasteiger partial charge is 0.228 e. The van der Waals surface area contributed by atoms with Crippen molar-refractivity contribution in [2.24, 2.45) is 5.92 Å². The molecule has 2 aliphatic heterocycles. The second-order valence-corrected chi connectivity index (χ2v) is 10.1. The lowest BCUT2D eigenvalue weighted by Gasteiger charge is -2.35. The Balaban J connectivity index is 1.26. The van der Waals surface area contributed by atoms with Crippen LogP contribution in [0.5, 0.6) is 0 Å². The van der Waals surface area contributed by atoms with E-state index in [2.05, 4.69) is 31.1 Å². The minimum Gasteiger partial charge on any atom is -0.467 e. The van der Waals surface area contributed by atoms with Crippen LogP contribution in [0.15, 0.2) is 28.2 Å². The average molecular weight is 431 g/mol. The molecule has 4 heterocycles. The van der Waals surface area contributed by atoms with Gasteiger partial charge in [0.2, 0.25) is 11.8 Å². The highest BCUT2D eigenvalue weighted by Crippen LogP contribution is 2.26. The molecule has 0 bridgehead atoms. The van der Waals surface area contributed by atoms with Gasteiger partial charge >= 0.3 is 0 Å². The molecule has 2 fully saturated rings. The number of carbonyl (C=O) groups is 2. The minimum atomic E-state index is -0.244. The molecule has 30 heavy (non-hydrogen) atoms. The van der Waals surface area contributed by atoms with Gasteiger partial charge in [-0.1, -0.05) is 20.8 Å². The van der Waals surface area contributed by atoms with Crippen LogP contribution in [0.25, 0.3) is 0 Å². The monoisotopic (exact) mass is 430 g/mol. The quantitative estimate of drug-likeness (QED) is 0.730. The third-order valence-corrected chi connectivity index (χ3v) is 7.07. The van der Waals surface area contributed by atoms with Gasteiger partial charge in [-0.3, -0.25) is 14.5 Å². The van der Waals surface area contributed by atoms with Crippen molar-refractivity contribution in [3.63, 3.8) is 0 Å². The van der Waals surface area contributed by atoms with Crippen molar-refractivity contribution < 1.29 is 14.0 Å². The van der Waals surface area contributed by atoms with Crippen LogP contribution in [-0.4, -0.2) is 64.2 Å². The Morgan fingerprint density at radius 2 is 2.00 bits per heavy atom. The molecule has 2 aromatic heterocycles. The Kier molecular flexibility index (Phi) is 5.97. The fraction of sp³-hybridized carbons (Fsp3) is 0.591. The Labute approximate surface area is 181 Å². The van der Waals surface area contributed by atoms with Gasteiger partial charge in [0.1, 0.15) is 5.76 Å². The fourth-order valence-electron chi connectivity index (χ4n) is 4.02. The molecule has 0 aromatic carbocycles. The maximum absolute atomic E-state index is 13.0. The van der Waals surface area contributed by atoms with Crippen molar-refractivity contribution in [1.82, 2.24) is 19.7 Å². The molecule has 1 unspecified atom stereocenters. The Morgan fingerprint density at radius 1 is 1.23 bits per heavy atom. The molecule has 2 saturated heterocycles. The summed E-state index contributed by atoms with van der Waals surface area (Å²) in [5.41, 5.74) is 1.19. The summed E-state index contributed by atoms with van der Waals surface area (Å²) in [6.07, 6.45) is 1.90. The number of hydrogen-bond acceptors (Lipinski definition) is 6. The number of furan rings is 1. The summed E-state index contributed by atoms with van der Waals surface area (Å²) in [5.74, 6) is 0.642. The van der Waals surface area contributed by atoms with Crippen molar-refractivity contribution in [3.05, 3.63) is 40.2 Å². The summed E-state index contributed by atoms with van der Waals surface area (Å²) in [6.45, 7) is 11.4. The van der Waals surface area contributed by atoms with E-state index in [-0.39, 0.29) is 23.1 Å². The first-order valence-electron chi connectivity index (χ1n) is 10.6. The number of likely N-dealkylation sites (tertiary alicyclic amines) is 1. The van der Waals surface area contributed by atoms with Gasteiger partial charge in [0.25, 0.3) is 0 Å². The molecular weight excluding hydrogens is 400 g/mol. The normalized spacial score (nSPS) is 20.9. The predicted octanol–water partition coefficient (Wildman–Crippen LogP) is 2.73. The number of piperazine rings is 1. The number of nitrogens with zero attached hydrogens (tertiary/aromatic N) is 4. The summed E-state index contributed by atoms with van der Waals surface area (Å²) in [7, 11) is 0. The van der Waals surface area contributed by atoms with Crippen molar-refractivity contribution in [2.45, 2.75) is 45.7 Å². The Hall–Kier alpha value is -2.19. The lowest BCUT2D eigenvalue weighted by molar-refractivity contribution is -0.137. The zero-order chi connectivity index (χ0) is 21.3. The van der Waals surface area contributed by atoms with Gasteiger partial charge in [0.15, 0.2) is 0 Å². The van der Waals surface area contributed by atoms with Gasteiger partial charge in [-0.25, -0.2) is 4.98 Å². The molecule has 0 radical (unpaired) electrons. The molecule has 2 amide bonds. The van der Waals surface area contributed by atoms with Gasteiger partial charge in [-0.05, 0) is 12.1 Å². The summed E-state index contributed by atoms with van der Waals surface area (Å²) in [6, 6.07) is 3.67. The number of hydrogen-bond donors (Lipinski definition) is 0. The lowest BCUT2D eigenvalue weighted by atomic mass is 9.98. The molecule has 162 valence electrons. The van der Waals surface area contributed by atoms with Crippen molar-refractivity contribution in [3.8, 4) is 0 Å². The molecule has 8 heteroatoms. The first-order chi connectivity index (χ1) is 14.3. The Bertz CT molecular complexity index is 879. The van der Waals surface area contributed by atoms with Crippen LogP contribution in [0.1, 0.15) is 43.7 Å². The molecular formula is C22H30N4O3S. The highest BCUT2D eigenvalue weighted by molar-refractivity contribution is 7.09. The van der Waals surface area contributed by atoms with Crippen LogP contribution in [0.4, 0.5) is 0 Å². The first kappa shape index (κ1) is 21.1. The second kappa shape index (κ2) is 8.51. The van der Waals surface area contributed by atoms with Crippen LogP contribution in [0.3, 0.4) is 0 Å². The summed E-state index contributed by atoms with van der Waals surface area (Å²) >= 11 is 1.72. The fourth-order valence-corrected chi connectivity index (χ4v) is 4.92. The van der Waals surface area contributed by atoms with Crippen LogP contribution in [0.2, 0.25) is 0 Å². The third kappa shape index (κ3) is 4.75. The van der Waals surface area contributed by atoms with E-state index in [9.17, 15) is 9.59 Å². The van der Waals surface area contributed by atoms with Crippen LogP contribution < -0.4 is 0 Å². The van der Waals surface area contributed by atoms with E-state index in [1.165, 1.54) is 0 Å². The Morgan fingerprint density at radius 3 is 2.63 bits per heavy atom.